The summed E-state index contributed by atoms with van der Waals surface area (Å²) in [5.74, 6) is 0.851. The van der Waals surface area contributed by atoms with E-state index in [-0.39, 0.29) is 34.3 Å². The first-order valence-corrected chi connectivity index (χ1v) is 25.8. The molecule has 62 heavy (non-hydrogen) atoms. The first-order chi connectivity index (χ1) is 29.6. The van der Waals surface area contributed by atoms with E-state index < -0.39 is 19.8 Å². The van der Waals surface area contributed by atoms with Crippen LogP contribution < -0.4 is 20.9 Å². The number of ether oxygens (including phenoxy) is 2. The number of fused-ring (bicyclic) bond motifs is 4. The summed E-state index contributed by atoms with van der Waals surface area (Å²) in [6, 6.07) is 18.6. The number of carbonyl (C=O) groups is 2. The monoisotopic (exact) mass is 884 g/mol. The number of halogens is 1. The van der Waals surface area contributed by atoms with Crippen molar-refractivity contribution in [2.45, 2.75) is 127 Å². The normalized spacial score (nSPS) is 20.5. The molecule has 4 fully saturated rings. The molecule has 1 unspecified atom stereocenters. The molecule has 1 aliphatic carbocycles. The lowest BCUT2D eigenvalue weighted by molar-refractivity contribution is -0.167. The van der Waals surface area contributed by atoms with E-state index in [1.807, 2.05) is 18.2 Å². The summed E-state index contributed by atoms with van der Waals surface area (Å²) in [6.45, 7) is 14.9. The highest BCUT2D eigenvalue weighted by Crippen LogP contribution is 2.44. The molecule has 8 rings (SSSR count). The van der Waals surface area contributed by atoms with Gasteiger partial charge in [0.05, 0.1) is 34.9 Å². The number of aromatic amines is 1. The Bertz CT molecular complexity index is 2290. The van der Waals surface area contributed by atoms with Gasteiger partial charge in [-0.05, 0) is 111 Å². The van der Waals surface area contributed by atoms with Crippen molar-refractivity contribution >= 4 is 48.4 Å². The number of nitrogens with one attached hydrogen (secondary N) is 3. The maximum atomic E-state index is 14.1. The number of rotatable bonds is 16. The van der Waals surface area contributed by atoms with Gasteiger partial charge in [-0.3, -0.25) is 19.3 Å². The van der Waals surface area contributed by atoms with Crippen LogP contribution in [0.2, 0.25) is 23.2 Å². The Labute approximate surface area is 372 Å². The Hall–Kier alpha value is -4.20. The van der Waals surface area contributed by atoms with Crippen LogP contribution in [0.3, 0.4) is 0 Å². The molecule has 4 aliphatic rings. The Balaban J connectivity index is 0.972. The quantitative estimate of drug-likeness (QED) is 0.0640. The van der Waals surface area contributed by atoms with E-state index in [2.05, 4.69) is 72.6 Å². The summed E-state index contributed by atoms with van der Waals surface area (Å²) in [7, 11) is -0.685. The van der Waals surface area contributed by atoms with Crippen molar-refractivity contribution in [3.05, 3.63) is 98.3 Å². The van der Waals surface area contributed by atoms with Gasteiger partial charge >= 0.3 is 5.97 Å². The number of H-pyrrole nitrogens is 1. The van der Waals surface area contributed by atoms with Crippen molar-refractivity contribution in [1.82, 2.24) is 15.2 Å². The minimum atomic E-state index is -2.28. The lowest BCUT2D eigenvalue weighted by Crippen LogP contribution is -2.53. The van der Waals surface area contributed by atoms with Crippen molar-refractivity contribution in [3.8, 4) is 11.5 Å². The number of aromatic nitrogens is 1. The summed E-state index contributed by atoms with van der Waals surface area (Å²) < 4.78 is 19.1. The highest BCUT2D eigenvalue weighted by molar-refractivity contribution is 6.74. The van der Waals surface area contributed by atoms with E-state index in [4.69, 9.17) is 25.5 Å². The van der Waals surface area contributed by atoms with Gasteiger partial charge in [-0.1, -0.05) is 82.0 Å². The zero-order valence-corrected chi connectivity index (χ0v) is 39.1. The SMILES string of the molecule is COc1cc(NC(=O)CCCc2cccc(C3(C(=O)OC4CN5CCC4CC5)CCCCC3)c2)c(Cl)cc1CNC[C@H](O[Si](C)(C)C(C)(C)C)c1ccc(O)c2[nH]c(=O)ccc12. The molecule has 13 heteroatoms. The van der Waals surface area contributed by atoms with Crippen LogP contribution in [0.1, 0.15) is 107 Å². The number of aryl methyl sites for hydroxylation is 1. The Morgan fingerprint density at radius 1 is 1.03 bits per heavy atom. The van der Waals surface area contributed by atoms with Crippen LogP contribution in [0, 0.1) is 5.92 Å². The van der Waals surface area contributed by atoms with Gasteiger partial charge in [0, 0.05) is 49.1 Å². The van der Waals surface area contributed by atoms with Gasteiger partial charge in [0.2, 0.25) is 11.5 Å². The lowest BCUT2D eigenvalue weighted by atomic mass is 9.69. The number of phenolic OH excluding ortho intramolecular Hbond substituents is 1. The smallest absolute Gasteiger partial charge is 0.316 e. The molecular weight excluding hydrogens is 820 g/mol. The standard InChI is InChI=1S/C49H65ClN4O7Si/c1-48(2,3)62(5,6)61-42(36-16-18-40(55)46-37(36)17-19-45(57)53-46)30-51-29-34-27-38(50)39(28-41(34)59-4)52-44(56)15-11-13-32-12-10-14-35(26-32)49(22-8-7-9-23-49)47(58)60-43-31-54-24-20-33(43)21-25-54/h10,12,14,16-19,26-28,33,42-43,51,55H,7-9,11,13,15,20-25,29-31H2,1-6H3,(H,52,56)(H,53,57)/t42-,43?/m0/s1. The van der Waals surface area contributed by atoms with E-state index >= 15 is 0 Å². The predicted octanol–water partition coefficient (Wildman–Crippen LogP) is 9.55. The van der Waals surface area contributed by atoms with Gasteiger partial charge in [-0.15, -0.1) is 0 Å². The Kier molecular flexibility index (Phi) is 14.2. The second-order valence-corrected chi connectivity index (χ2v) is 24.4. The van der Waals surface area contributed by atoms with E-state index in [1.165, 1.54) is 6.07 Å². The molecule has 0 radical (unpaired) electrons. The van der Waals surface area contributed by atoms with Gasteiger partial charge in [0.25, 0.3) is 0 Å². The summed E-state index contributed by atoms with van der Waals surface area (Å²) in [6.07, 6.45) is 8.24. The number of benzene rings is 3. The van der Waals surface area contributed by atoms with Gasteiger partial charge in [0.15, 0.2) is 8.32 Å². The number of methoxy groups -OCH3 is 1. The molecule has 3 saturated heterocycles. The summed E-state index contributed by atoms with van der Waals surface area (Å²) in [5, 5.41) is 18.2. The highest BCUT2D eigenvalue weighted by Gasteiger charge is 2.46. The number of hydrogen-bond acceptors (Lipinski definition) is 9. The average molecular weight is 886 g/mol. The lowest BCUT2D eigenvalue weighted by Gasteiger charge is -2.45. The third-order valence-corrected chi connectivity index (χ3v) is 18.9. The molecule has 1 amide bonds. The molecule has 1 aromatic heterocycles. The highest BCUT2D eigenvalue weighted by atomic mass is 35.5. The third-order valence-electron chi connectivity index (χ3n) is 14.1. The predicted molar refractivity (Wildman–Crippen MR) is 249 cm³/mol. The van der Waals surface area contributed by atoms with Crippen molar-refractivity contribution in [3.63, 3.8) is 0 Å². The van der Waals surface area contributed by atoms with Crippen molar-refractivity contribution < 1.29 is 28.6 Å². The first kappa shape index (κ1) is 45.8. The molecule has 3 aliphatic heterocycles. The molecular formula is C49H65ClN4O7Si. The molecule has 3 aromatic carbocycles. The third kappa shape index (κ3) is 10.3. The van der Waals surface area contributed by atoms with Crippen molar-refractivity contribution in [2.75, 3.05) is 38.6 Å². The van der Waals surface area contributed by atoms with E-state index in [0.717, 1.165) is 86.8 Å². The number of nitrogens with zero attached hydrogens (tertiary/aromatic N) is 1. The zero-order chi connectivity index (χ0) is 44.2. The first-order valence-electron chi connectivity index (χ1n) is 22.5. The maximum absolute atomic E-state index is 14.1. The van der Waals surface area contributed by atoms with Gasteiger partial charge in [0.1, 0.15) is 17.6 Å². The van der Waals surface area contributed by atoms with Gasteiger partial charge in [-0.25, -0.2) is 0 Å². The van der Waals surface area contributed by atoms with Crippen LogP contribution in [-0.2, 0) is 37.1 Å². The maximum Gasteiger partial charge on any atom is 0.316 e. The molecule has 4 N–H and O–H groups in total. The number of pyridine rings is 1. The molecule has 4 aromatic rings. The zero-order valence-electron chi connectivity index (χ0n) is 37.3. The number of phenols is 1. The number of esters is 1. The second kappa shape index (κ2) is 19.3. The summed E-state index contributed by atoms with van der Waals surface area (Å²) >= 11 is 6.80. The average Bonchev–Trinajstić information content (AvgIpc) is 3.25. The molecule has 1 saturated carbocycles. The van der Waals surface area contributed by atoms with Crippen LogP contribution in [0.5, 0.6) is 11.5 Å². The topological polar surface area (TPSA) is 142 Å². The fourth-order valence-corrected chi connectivity index (χ4v) is 10.9. The molecule has 334 valence electrons. The summed E-state index contributed by atoms with van der Waals surface area (Å²) in [4.78, 5) is 44.7. The van der Waals surface area contributed by atoms with Gasteiger partial charge < -0.3 is 34.6 Å². The van der Waals surface area contributed by atoms with Crippen LogP contribution in [-0.4, -0.2) is 74.6 Å². The minimum absolute atomic E-state index is 0.000696. The number of hydrogen-bond donors (Lipinski definition) is 4. The van der Waals surface area contributed by atoms with Gasteiger partial charge in [-0.2, -0.15) is 0 Å². The number of anilines is 1. The number of carbonyl (C=O) groups excluding carboxylic acids is 2. The summed E-state index contributed by atoms with van der Waals surface area (Å²) in [5.41, 5.74) is 3.77. The molecule has 4 heterocycles. The van der Waals surface area contributed by atoms with Crippen LogP contribution in [0.4, 0.5) is 5.69 Å². The van der Waals surface area contributed by atoms with E-state index in [0.29, 0.717) is 65.6 Å². The van der Waals surface area contributed by atoms with Crippen LogP contribution in [0.15, 0.2) is 65.5 Å². The number of amides is 1. The molecule has 0 spiro atoms. The van der Waals surface area contributed by atoms with Crippen LogP contribution in [0.25, 0.3) is 10.9 Å². The molecule has 2 atom stereocenters. The Morgan fingerprint density at radius 3 is 2.48 bits per heavy atom. The van der Waals surface area contributed by atoms with Crippen molar-refractivity contribution in [1.29, 1.82) is 0 Å². The van der Waals surface area contributed by atoms with Crippen molar-refractivity contribution in [2.24, 2.45) is 5.92 Å². The molecule has 11 nitrogen and oxygen atoms in total. The minimum Gasteiger partial charge on any atom is -0.506 e. The van der Waals surface area contributed by atoms with Crippen LogP contribution >= 0.6 is 11.6 Å². The Morgan fingerprint density at radius 2 is 1.79 bits per heavy atom. The largest absolute Gasteiger partial charge is 0.506 e. The number of aromatic hydroxyl groups is 1. The van der Waals surface area contributed by atoms with E-state index in [1.54, 1.807) is 25.3 Å². The second-order valence-electron chi connectivity index (χ2n) is 19.3. The fourth-order valence-electron chi connectivity index (χ4n) is 9.39. The fraction of sp³-hybridized carbons (Fsp3) is 0.531. The van der Waals surface area contributed by atoms with E-state index in [9.17, 15) is 19.5 Å². The number of piperidine rings is 3. The molecule has 2 bridgehead atoms.